The van der Waals surface area contributed by atoms with E-state index in [0.717, 1.165) is 43.2 Å². The lowest BCUT2D eigenvalue weighted by molar-refractivity contribution is -0.144. The molecule has 0 fully saturated rings. The smallest absolute Gasteiger partial charge is 0.408 e. The number of carbonyl (C=O) groups is 4. The molecule has 3 amide bonds. The van der Waals surface area contributed by atoms with Gasteiger partial charge in [-0.1, -0.05) is 68.4 Å². The fraction of sp³-hybridized carbons (Fsp3) is 0.655. The highest BCUT2D eigenvalue weighted by atomic mass is 32.1. The van der Waals surface area contributed by atoms with Gasteiger partial charge in [0.15, 0.2) is 0 Å². The molecule has 0 bridgehead atoms. The minimum Gasteiger partial charge on any atom is -0.468 e. The molecule has 0 saturated carbocycles. The van der Waals surface area contributed by atoms with E-state index in [-0.39, 0.29) is 18.8 Å². The number of nitrogens with one attached hydrogen (secondary N) is 2. The summed E-state index contributed by atoms with van der Waals surface area (Å²) in [7, 11) is 1.24. The molecule has 1 rings (SSSR count). The molecule has 9 nitrogen and oxygen atoms in total. The van der Waals surface area contributed by atoms with Gasteiger partial charge in [0.1, 0.15) is 24.2 Å². The summed E-state index contributed by atoms with van der Waals surface area (Å²) in [5.41, 5.74) is 1.73. The van der Waals surface area contributed by atoms with E-state index in [2.05, 4.69) is 34.9 Å². The van der Waals surface area contributed by atoms with Crippen LogP contribution in [-0.4, -0.2) is 66.4 Å². The maximum Gasteiger partial charge on any atom is 0.408 e. The zero-order valence-electron chi connectivity index (χ0n) is 24.6. The van der Waals surface area contributed by atoms with Crippen molar-refractivity contribution >= 4 is 36.5 Å². The van der Waals surface area contributed by atoms with Crippen molar-refractivity contribution in [2.75, 3.05) is 26.0 Å². The molecule has 0 saturated heterocycles. The Kier molecular flexibility index (Phi) is 15.0. The molecule has 2 atom stereocenters. The fourth-order valence-electron chi connectivity index (χ4n) is 4.23. The minimum absolute atomic E-state index is 0.00835. The van der Waals surface area contributed by atoms with Crippen molar-refractivity contribution in [1.82, 2.24) is 15.5 Å². The molecule has 2 N–H and O–H groups in total. The molecule has 10 heteroatoms. The number of methoxy groups -OCH3 is 1. The third kappa shape index (κ3) is 12.8. The van der Waals surface area contributed by atoms with E-state index in [9.17, 15) is 19.2 Å². The summed E-state index contributed by atoms with van der Waals surface area (Å²) in [6.07, 6.45) is 5.21. The Morgan fingerprint density at radius 3 is 2.10 bits per heavy atom. The van der Waals surface area contributed by atoms with E-state index in [1.165, 1.54) is 12.0 Å². The highest BCUT2D eigenvalue weighted by Gasteiger charge is 2.36. The number of esters is 1. The maximum absolute atomic E-state index is 14.0. The number of unbranched alkanes of at least 4 members (excludes halogenated alkanes) is 5. The molecule has 0 aliphatic rings. The van der Waals surface area contributed by atoms with Crippen LogP contribution in [0.15, 0.2) is 18.2 Å². The van der Waals surface area contributed by atoms with Gasteiger partial charge in [-0.05, 0) is 46.6 Å². The Morgan fingerprint density at radius 2 is 1.56 bits per heavy atom. The number of hydrogen-bond donors (Lipinski definition) is 3. The molecule has 0 aliphatic heterocycles. The van der Waals surface area contributed by atoms with Gasteiger partial charge in [0, 0.05) is 12.3 Å². The van der Waals surface area contributed by atoms with Crippen LogP contribution in [0.5, 0.6) is 0 Å². The van der Waals surface area contributed by atoms with Gasteiger partial charge in [-0.15, -0.1) is 0 Å². The van der Waals surface area contributed by atoms with Crippen LogP contribution in [-0.2, 0) is 23.9 Å². The highest BCUT2D eigenvalue weighted by Crippen LogP contribution is 2.26. The monoisotopic (exact) mass is 565 g/mol. The third-order valence-electron chi connectivity index (χ3n) is 5.96. The number of thiol groups is 1. The van der Waals surface area contributed by atoms with Crippen molar-refractivity contribution in [2.24, 2.45) is 0 Å². The average Bonchev–Trinajstić information content (AvgIpc) is 2.84. The second-order valence-electron chi connectivity index (χ2n) is 10.8. The van der Waals surface area contributed by atoms with Gasteiger partial charge < -0.3 is 25.0 Å². The summed E-state index contributed by atoms with van der Waals surface area (Å²) < 4.78 is 10.0. The zero-order valence-corrected chi connectivity index (χ0v) is 25.5. The van der Waals surface area contributed by atoms with Gasteiger partial charge in [0.05, 0.1) is 7.11 Å². The minimum atomic E-state index is -1.03. The van der Waals surface area contributed by atoms with Crippen molar-refractivity contribution in [3.05, 3.63) is 34.9 Å². The number of benzene rings is 1. The summed E-state index contributed by atoms with van der Waals surface area (Å²) in [6, 6.07) is 3.64. The molecular weight excluding hydrogens is 518 g/mol. The zero-order chi connectivity index (χ0) is 29.6. The second-order valence-corrected chi connectivity index (χ2v) is 11.2. The Balaban J connectivity index is 3.41. The van der Waals surface area contributed by atoms with Crippen molar-refractivity contribution in [3.8, 4) is 0 Å². The maximum atomic E-state index is 14.0. The summed E-state index contributed by atoms with van der Waals surface area (Å²) >= 11 is 4.32. The molecule has 1 aromatic carbocycles. The van der Waals surface area contributed by atoms with Crippen LogP contribution >= 0.6 is 12.6 Å². The van der Waals surface area contributed by atoms with E-state index < -0.39 is 41.6 Å². The molecule has 0 radical (unpaired) electrons. The molecular formula is C29H47N3O6S. The summed E-state index contributed by atoms with van der Waals surface area (Å²) in [4.78, 5) is 53.3. The van der Waals surface area contributed by atoms with E-state index in [4.69, 9.17) is 4.74 Å². The second kappa shape index (κ2) is 17.0. The summed E-state index contributed by atoms with van der Waals surface area (Å²) in [5, 5.41) is 5.23. The number of carbonyl (C=O) groups excluding carboxylic acids is 4. The first-order valence-electron chi connectivity index (χ1n) is 13.7. The van der Waals surface area contributed by atoms with Crippen LogP contribution in [0, 0.1) is 13.8 Å². The number of aryl methyl sites for hydroxylation is 2. The number of amides is 3. The number of hydrogen-bond acceptors (Lipinski definition) is 7. The number of nitrogens with zero attached hydrogens (tertiary/aromatic N) is 1. The van der Waals surface area contributed by atoms with Crippen molar-refractivity contribution in [1.29, 1.82) is 0 Å². The van der Waals surface area contributed by atoms with Gasteiger partial charge in [0.2, 0.25) is 11.8 Å². The molecule has 39 heavy (non-hydrogen) atoms. The first-order valence-corrected chi connectivity index (χ1v) is 14.3. The third-order valence-corrected chi connectivity index (χ3v) is 6.33. The van der Waals surface area contributed by atoms with Gasteiger partial charge in [-0.3, -0.25) is 14.4 Å². The molecule has 2 unspecified atom stereocenters. The standard InChI is InChI=1S/C29H47N3O6S/c1-8-9-10-11-12-13-14-32(27(35)23(19-39)31-28(36)38-29(4,5)6)25(26(34)30-18-24(33)37-7)22-16-20(2)15-21(3)17-22/h15-17,23,25,39H,8-14,18-19H2,1-7H3,(H,30,34)(H,31,36). The lowest BCUT2D eigenvalue weighted by Crippen LogP contribution is -2.54. The Morgan fingerprint density at radius 1 is 0.974 bits per heavy atom. The molecule has 0 spiro atoms. The Labute approximate surface area is 239 Å². The largest absolute Gasteiger partial charge is 0.468 e. The summed E-state index contributed by atoms with van der Waals surface area (Å²) in [6.45, 7) is 11.1. The number of alkyl carbamates (subject to hydrolysis) is 1. The Hall–Kier alpha value is -2.75. The predicted molar refractivity (Wildman–Crippen MR) is 156 cm³/mol. The average molecular weight is 566 g/mol. The van der Waals surface area contributed by atoms with E-state index in [1.54, 1.807) is 20.8 Å². The van der Waals surface area contributed by atoms with Crippen molar-refractivity contribution in [2.45, 2.75) is 97.8 Å². The predicted octanol–water partition coefficient (Wildman–Crippen LogP) is 4.65. The quantitative estimate of drug-likeness (QED) is 0.162. The lowest BCUT2D eigenvalue weighted by Gasteiger charge is -2.34. The lowest BCUT2D eigenvalue weighted by atomic mass is 9.98. The van der Waals surface area contributed by atoms with Gasteiger partial charge >= 0.3 is 12.1 Å². The molecule has 0 aromatic heterocycles. The van der Waals surface area contributed by atoms with Gasteiger partial charge in [-0.2, -0.15) is 12.6 Å². The van der Waals surface area contributed by atoms with Crippen molar-refractivity contribution < 1.29 is 28.7 Å². The topological polar surface area (TPSA) is 114 Å². The summed E-state index contributed by atoms with van der Waals surface area (Å²) in [5.74, 6) is -1.56. The molecule has 220 valence electrons. The van der Waals surface area contributed by atoms with Crippen molar-refractivity contribution in [3.63, 3.8) is 0 Å². The number of rotatable bonds is 15. The normalized spacial score (nSPS) is 12.7. The van der Waals surface area contributed by atoms with Crippen LogP contribution in [0.2, 0.25) is 0 Å². The van der Waals surface area contributed by atoms with Crippen LogP contribution < -0.4 is 10.6 Å². The van der Waals surface area contributed by atoms with Crippen LogP contribution in [0.4, 0.5) is 4.79 Å². The highest BCUT2D eigenvalue weighted by molar-refractivity contribution is 7.80. The van der Waals surface area contributed by atoms with Gasteiger partial charge in [-0.25, -0.2) is 4.79 Å². The fourth-order valence-corrected chi connectivity index (χ4v) is 4.48. The molecule has 0 aliphatic carbocycles. The van der Waals surface area contributed by atoms with E-state index in [0.29, 0.717) is 12.0 Å². The Bertz CT molecular complexity index is 943. The van der Waals surface area contributed by atoms with Gasteiger partial charge in [0.25, 0.3) is 0 Å². The first kappa shape index (κ1) is 34.3. The molecule has 1 aromatic rings. The van der Waals surface area contributed by atoms with E-state index in [1.807, 2.05) is 32.0 Å². The number of ether oxygens (including phenoxy) is 2. The van der Waals surface area contributed by atoms with Crippen LogP contribution in [0.3, 0.4) is 0 Å². The van der Waals surface area contributed by atoms with Crippen LogP contribution in [0.1, 0.15) is 89.0 Å². The first-order chi connectivity index (χ1) is 18.3. The van der Waals surface area contributed by atoms with E-state index >= 15 is 0 Å². The van der Waals surface area contributed by atoms with Crippen LogP contribution in [0.25, 0.3) is 0 Å². The molecule has 0 heterocycles. The SMILES string of the molecule is CCCCCCCCN(C(=O)C(CS)NC(=O)OC(C)(C)C)C(C(=O)NCC(=O)OC)c1cc(C)cc(C)c1.